The van der Waals surface area contributed by atoms with Gasteiger partial charge in [0.2, 0.25) is 0 Å². The minimum absolute atomic E-state index is 0.261. The summed E-state index contributed by atoms with van der Waals surface area (Å²) in [5.41, 5.74) is 1.60. The van der Waals surface area contributed by atoms with E-state index < -0.39 is 0 Å². The molecule has 0 aromatic heterocycles. The highest BCUT2D eigenvalue weighted by atomic mass is 35.5. The van der Waals surface area contributed by atoms with E-state index in [9.17, 15) is 4.79 Å². The van der Waals surface area contributed by atoms with Gasteiger partial charge < -0.3 is 5.32 Å². The third-order valence-corrected chi connectivity index (χ3v) is 4.10. The molecule has 120 valence electrons. The van der Waals surface area contributed by atoms with Gasteiger partial charge in [-0.15, -0.1) is 0 Å². The number of fused-ring (bicyclic) bond motifs is 1. The molecule has 1 amide bonds. The normalized spacial score (nSPS) is 10.4. The Bertz CT molecular complexity index is 893. The smallest absolute Gasteiger partial charge is 0.257 e. The molecule has 0 saturated heterocycles. The fourth-order valence-electron chi connectivity index (χ4n) is 2.35. The Kier molecular flexibility index (Phi) is 5.08. The van der Waals surface area contributed by atoms with Gasteiger partial charge in [0.05, 0.1) is 0 Å². The van der Waals surface area contributed by atoms with Crippen molar-refractivity contribution in [2.75, 3.05) is 0 Å². The number of carbonyl (C=O) groups excluding carboxylic acids is 1. The van der Waals surface area contributed by atoms with Crippen molar-refractivity contribution in [3.05, 3.63) is 82.9 Å². The maximum Gasteiger partial charge on any atom is 0.257 e. The van der Waals surface area contributed by atoms with E-state index in [2.05, 4.69) is 34.9 Å². The van der Waals surface area contributed by atoms with Crippen LogP contribution in [0.2, 0.25) is 5.02 Å². The molecular weight excluding hydrogens is 340 g/mol. The second kappa shape index (κ2) is 7.43. The van der Waals surface area contributed by atoms with E-state index in [1.165, 1.54) is 10.8 Å². The molecule has 0 saturated carbocycles. The van der Waals surface area contributed by atoms with Gasteiger partial charge in [0, 0.05) is 17.1 Å². The summed E-state index contributed by atoms with van der Waals surface area (Å²) in [4.78, 5) is 12.1. The average Bonchev–Trinajstić information content (AvgIpc) is 2.60. The average molecular weight is 355 g/mol. The summed E-state index contributed by atoms with van der Waals surface area (Å²) < 4.78 is 0. The Labute approximate surface area is 150 Å². The molecule has 3 aromatic carbocycles. The van der Waals surface area contributed by atoms with Crippen LogP contribution in [0.15, 0.2) is 66.7 Å². The van der Waals surface area contributed by atoms with Gasteiger partial charge in [0.15, 0.2) is 5.11 Å². The fourth-order valence-corrected chi connectivity index (χ4v) is 2.64. The van der Waals surface area contributed by atoms with Gasteiger partial charge in [-0.25, -0.2) is 0 Å². The first-order valence-electron chi connectivity index (χ1n) is 7.44. The molecule has 24 heavy (non-hydrogen) atoms. The highest BCUT2D eigenvalue weighted by molar-refractivity contribution is 7.80. The number of hydrogen-bond acceptors (Lipinski definition) is 2. The molecule has 3 rings (SSSR count). The van der Waals surface area contributed by atoms with Crippen LogP contribution in [0.3, 0.4) is 0 Å². The molecule has 0 unspecified atom stereocenters. The number of hydrogen-bond donors (Lipinski definition) is 2. The molecule has 0 atom stereocenters. The molecule has 5 heteroatoms. The van der Waals surface area contributed by atoms with E-state index in [-0.39, 0.29) is 5.91 Å². The van der Waals surface area contributed by atoms with Crippen molar-refractivity contribution < 1.29 is 4.79 Å². The molecule has 0 aliphatic carbocycles. The number of nitrogens with one attached hydrogen (secondary N) is 2. The molecule has 0 spiro atoms. The fraction of sp³-hybridized carbons (Fsp3) is 0.0526. The predicted octanol–water partition coefficient (Wildman–Crippen LogP) is 4.30. The SMILES string of the molecule is O=C(NC(=S)NCc1ccc2ccccc2c1)c1ccc(Cl)cc1. The number of benzene rings is 3. The summed E-state index contributed by atoms with van der Waals surface area (Å²) in [6.45, 7) is 0.546. The molecule has 0 radical (unpaired) electrons. The van der Waals surface area contributed by atoms with Crippen LogP contribution in [0.1, 0.15) is 15.9 Å². The quantitative estimate of drug-likeness (QED) is 0.689. The minimum Gasteiger partial charge on any atom is -0.358 e. The number of halogens is 1. The van der Waals surface area contributed by atoms with E-state index in [1.807, 2.05) is 18.2 Å². The monoisotopic (exact) mass is 354 g/mol. The van der Waals surface area contributed by atoms with Crippen LogP contribution >= 0.6 is 23.8 Å². The van der Waals surface area contributed by atoms with Gasteiger partial charge in [-0.05, 0) is 58.9 Å². The lowest BCUT2D eigenvalue weighted by Gasteiger charge is -2.10. The van der Waals surface area contributed by atoms with E-state index in [0.717, 1.165) is 5.56 Å². The van der Waals surface area contributed by atoms with Crippen LogP contribution in [0, 0.1) is 0 Å². The molecule has 0 aliphatic heterocycles. The Morgan fingerprint density at radius 2 is 1.67 bits per heavy atom. The lowest BCUT2D eigenvalue weighted by Crippen LogP contribution is -2.38. The van der Waals surface area contributed by atoms with E-state index >= 15 is 0 Å². The summed E-state index contributed by atoms with van der Waals surface area (Å²) >= 11 is 11.0. The van der Waals surface area contributed by atoms with Gasteiger partial charge in [0.25, 0.3) is 5.91 Å². The van der Waals surface area contributed by atoms with Crippen LogP contribution in [-0.4, -0.2) is 11.0 Å². The van der Waals surface area contributed by atoms with Crippen molar-refractivity contribution >= 4 is 45.6 Å². The summed E-state index contributed by atoms with van der Waals surface area (Å²) in [7, 11) is 0. The molecule has 3 nitrogen and oxygen atoms in total. The molecular formula is C19H15ClN2OS. The maximum atomic E-state index is 12.1. The molecule has 2 N–H and O–H groups in total. The number of rotatable bonds is 3. The summed E-state index contributed by atoms with van der Waals surface area (Å²) in [5.74, 6) is -0.261. The lowest BCUT2D eigenvalue weighted by atomic mass is 10.1. The lowest BCUT2D eigenvalue weighted by molar-refractivity contribution is 0.0976. The number of thiocarbonyl (C=S) groups is 1. The number of carbonyl (C=O) groups is 1. The number of amides is 1. The van der Waals surface area contributed by atoms with Crippen molar-refractivity contribution in [1.29, 1.82) is 0 Å². The van der Waals surface area contributed by atoms with Crippen molar-refractivity contribution in [2.24, 2.45) is 0 Å². The highest BCUT2D eigenvalue weighted by Crippen LogP contribution is 2.15. The summed E-state index contributed by atoms with van der Waals surface area (Å²) in [5, 5.41) is 8.96. The standard InChI is InChI=1S/C19H15ClN2OS/c20-17-9-7-15(8-10-17)18(23)22-19(24)21-12-13-5-6-14-3-1-2-4-16(14)11-13/h1-11H,12H2,(H2,21,22,23,24). The molecule has 0 heterocycles. The topological polar surface area (TPSA) is 41.1 Å². The second-order valence-corrected chi connectivity index (χ2v) is 6.17. The third-order valence-electron chi connectivity index (χ3n) is 3.60. The first-order chi connectivity index (χ1) is 11.6. The Morgan fingerprint density at radius 1 is 0.958 bits per heavy atom. The van der Waals surface area contributed by atoms with Gasteiger partial charge in [-0.1, -0.05) is 48.0 Å². The highest BCUT2D eigenvalue weighted by Gasteiger charge is 2.07. The first-order valence-corrected chi connectivity index (χ1v) is 8.23. The van der Waals surface area contributed by atoms with Gasteiger partial charge in [-0.3, -0.25) is 10.1 Å². The van der Waals surface area contributed by atoms with Gasteiger partial charge >= 0.3 is 0 Å². The zero-order valence-electron chi connectivity index (χ0n) is 12.8. The first kappa shape index (κ1) is 16.4. The van der Waals surface area contributed by atoms with Gasteiger partial charge in [0.1, 0.15) is 0 Å². The largest absolute Gasteiger partial charge is 0.358 e. The summed E-state index contributed by atoms with van der Waals surface area (Å²) in [6, 6.07) is 21.0. The van der Waals surface area contributed by atoms with Crippen molar-refractivity contribution in [2.45, 2.75) is 6.54 Å². The van der Waals surface area contributed by atoms with Crippen LogP contribution in [0.4, 0.5) is 0 Å². The maximum absolute atomic E-state index is 12.1. The Morgan fingerprint density at radius 3 is 2.42 bits per heavy atom. The van der Waals surface area contributed by atoms with Crippen molar-refractivity contribution in [1.82, 2.24) is 10.6 Å². The van der Waals surface area contributed by atoms with E-state index in [4.69, 9.17) is 23.8 Å². The van der Waals surface area contributed by atoms with Crippen molar-refractivity contribution in [3.63, 3.8) is 0 Å². The Hall–Kier alpha value is -2.43. The van der Waals surface area contributed by atoms with E-state index in [1.54, 1.807) is 24.3 Å². The molecule has 3 aromatic rings. The predicted molar refractivity (Wildman–Crippen MR) is 102 cm³/mol. The molecule has 0 aliphatic rings. The molecule has 0 bridgehead atoms. The van der Waals surface area contributed by atoms with Crippen molar-refractivity contribution in [3.8, 4) is 0 Å². The van der Waals surface area contributed by atoms with Crippen LogP contribution in [-0.2, 0) is 6.54 Å². The zero-order chi connectivity index (χ0) is 16.9. The molecule has 0 fully saturated rings. The zero-order valence-corrected chi connectivity index (χ0v) is 14.3. The van der Waals surface area contributed by atoms with Crippen LogP contribution in [0.5, 0.6) is 0 Å². The third kappa shape index (κ3) is 4.10. The Balaban J connectivity index is 1.58. The second-order valence-electron chi connectivity index (χ2n) is 5.33. The van der Waals surface area contributed by atoms with Crippen LogP contribution < -0.4 is 10.6 Å². The minimum atomic E-state index is -0.261. The van der Waals surface area contributed by atoms with E-state index in [0.29, 0.717) is 22.2 Å². The summed E-state index contributed by atoms with van der Waals surface area (Å²) in [6.07, 6.45) is 0. The van der Waals surface area contributed by atoms with Crippen LogP contribution in [0.25, 0.3) is 10.8 Å². The van der Waals surface area contributed by atoms with Gasteiger partial charge in [-0.2, -0.15) is 0 Å².